The van der Waals surface area contributed by atoms with Gasteiger partial charge in [0.1, 0.15) is 0 Å². The van der Waals surface area contributed by atoms with Crippen molar-refractivity contribution in [2.75, 3.05) is 19.8 Å². The molecular weight excluding hydrogens is 250 g/mol. The minimum absolute atomic E-state index is 0.0959. The highest BCUT2D eigenvalue weighted by Gasteiger charge is 1.95. The largest absolute Gasteiger partial charge is 0.382 e. The molecule has 0 spiro atoms. The standard InChI is InChI=1S/C14H18ClNO2/c1-2-18-11-3-10-16-14(17)9-6-12-4-7-13(15)8-5-12/h4-9H,2-3,10-11H2,1H3,(H,16,17). The monoisotopic (exact) mass is 267 g/mol. The van der Waals surface area contributed by atoms with E-state index in [1.165, 1.54) is 6.08 Å². The van der Waals surface area contributed by atoms with Crippen molar-refractivity contribution >= 4 is 23.6 Å². The van der Waals surface area contributed by atoms with Crippen molar-refractivity contribution in [1.82, 2.24) is 5.32 Å². The van der Waals surface area contributed by atoms with E-state index in [0.717, 1.165) is 12.0 Å². The molecule has 1 aromatic carbocycles. The lowest BCUT2D eigenvalue weighted by Gasteiger charge is -2.02. The topological polar surface area (TPSA) is 38.3 Å². The van der Waals surface area contributed by atoms with Gasteiger partial charge in [-0.05, 0) is 37.1 Å². The first kappa shape index (κ1) is 14.7. The number of amides is 1. The van der Waals surface area contributed by atoms with Gasteiger partial charge in [-0.25, -0.2) is 0 Å². The van der Waals surface area contributed by atoms with Gasteiger partial charge in [-0.1, -0.05) is 23.7 Å². The lowest BCUT2D eigenvalue weighted by Crippen LogP contribution is -2.23. The van der Waals surface area contributed by atoms with Gasteiger partial charge < -0.3 is 10.1 Å². The predicted molar refractivity (Wildman–Crippen MR) is 74.6 cm³/mol. The van der Waals surface area contributed by atoms with Crippen molar-refractivity contribution < 1.29 is 9.53 Å². The summed E-state index contributed by atoms with van der Waals surface area (Å²) in [4.78, 5) is 11.5. The van der Waals surface area contributed by atoms with Gasteiger partial charge in [-0.3, -0.25) is 4.79 Å². The van der Waals surface area contributed by atoms with Gasteiger partial charge in [0.2, 0.25) is 5.91 Å². The van der Waals surface area contributed by atoms with Crippen molar-refractivity contribution in [1.29, 1.82) is 0 Å². The number of ether oxygens (including phenoxy) is 1. The Bertz CT molecular complexity index is 387. The number of nitrogens with one attached hydrogen (secondary N) is 1. The fourth-order valence-corrected chi connectivity index (χ4v) is 1.46. The molecule has 4 heteroatoms. The Balaban J connectivity index is 2.25. The van der Waals surface area contributed by atoms with E-state index in [2.05, 4.69) is 5.32 Å². The van der Waals surface area contributed by atoms with Gasteiger partial charge in [0.15, 0.2) is 0 Å². The quantitative estimate of drug-likeness (QED) is 0.609. The summed E-state index contributed by atoms with van der Waals surface area (Å²) in [5, 5.41) is 3.48. The Labute approximate surface area is 113 Å². The maximum absolute atomic E-state index is 11.5. The zero-order chi connectivity index (χ0) is 13.2. The molecule has 98 valence electrons. The van der Waals surface area contributed by atoms with Crippen LogP contribution < -0.4 is 5.32 Å². The maximum atomic E-state index is 11.5. The highest BCUT2D eigenvalue weighted by molar-refractivity contribution is 6.30. The molecule has 0 aromatic heterocycles. The van der Waals surface area contributed by atoms with Gasteiger partial charge >= 0.3 is 0 Å². The molecule has 0 bridgehead atoms. The van der Waals surface area contributed by atoms with E-state index in [-0.39, 0.29) is 5.91 Å². The van der Waals surface area contributed by atoms with E-state index in [1.807, 2.05) is 19.1 Å². The highest BCUT2D eigenvalue weighted by atomic mass is 35.5. The zero-order valence-electron chi connectivity index (χ0n) is 10.5. The third-order valence-electron chi connectivity index (χ3n) is 2.27. The van der Waals surface area contributed by atoms with Crippen molar-refractivity contribution in [2.45, 2.75) is 13.3 Å². The van der Waals surface area contributed by atoms with Crippen molar-refractivity contribution in [3.8, 4) is 0 Å². The molecule has 3 nitrogen and oxygen atoms in total. The van der Waals surface area contributed by atoms with Crippen LogP contribution in [0.1, 0.15) is 18.9 Å². The molecule has 0 aliphatic carbocycles. The second-order valence-corrected chi connectivity index (χ2v) is 4.16. The molecular formula is C14H18ClNO2. The molecule has 0 heterocycles. The lowest BCUT2D eigenvalue weighted by molar-refractivity contribution is -0.116. The average molecular weight is 268 g/mol. The summed E-state index contributed by atoms with van der Waals surface area (Å²) < 4.78 is 5.17. The summed E-state index contributed by atoms with van der Waals surface area (Å²) in [6.07, 6.45) is 4.10. The van der Waals surface area contributed by atoms with Crippen LogP contribution in [-0.4, -0.2) is 25.7 Å². The van der Waals surface area contributed by atoms with Gasteiger partial charge in [-0.2, -0.15) is 0 Å². The van der Waals surface area contributed by atoms with Crippen LogP contribution in [0.4, 0.5) is 0 Å². The Morgan fingerprint density at radius 3 is 2.78 bits per heavy atom. The van der Waals surface area contributed by atoms with Crippen LogP contribution in [0, 0.1) is 0 Å². The molecule has 0 aliphatic rings. The van der Waals surface area contributed by atoms with E-state index in [1.54, 1.807) is 18.2 Å². The Kier molecular flexibility index (Phi) is 7.14. The first-order valence-electron chi connectivity index (χ1n) is 6.01. The predicted octanol–water partition coefficient (Wildman–Crippen LogP) is 2.90. The third kappa shape index (κ3) is 6.42. The number of rotatable bonds is 7. The minimum atomic E-state index is -0.0959. The van der Waals surface area contributed by atoms with Crippen LogP contribution in [0.15, 0.2) is 30.3 Å². The molecule has 0 fully saturated rings. The summed E-state index contributed by atoms with van der Waals surface area (Å²) in [6.45, 7) is 3.97. The molecule has 1 aromatic rings. The van der Waals surface area contributed by atoms with Gasteiger partial charge in [0.25, 0.3) is 0 Å². The third-order valence-corrected chi connectivity index (χ3v) is 2.52. The van der Waals surface area contributed by atoms with E-state index in [0.29, 0.717) is 24.8 Å². The van der Waals surface area contributed by atoms with E-state index in [4.69, 9.17) is 16.3 Å². The van der Waals surface area contributed by atoms with Crippen LogP contribution in [-0.2, 0) is 9.53 Å². The molecule has 1 amide bonds. The molecule has 0 saturated carbocycles. The molecule has 0 saturated heterocycles. The first-order chi connectivity index (χ1) is 8.72. The van der Waals surface area contributed by atoms with Crippen LogP contribution in [0.5, 0.6) is 0 Å². The minimum Gasteiger partial charge on any atom is -0.382 e. The van der Waals surface area contributed by atoms with Crippen molar-refractivity contribution in [3.05, 3.63) is 40.9 Å². The summed E-state index contributed by atoms with van der Waals surface area (Å²) in [5.74, 6) is -0.0959. The molecule has 1 rings (SSSR count). The molecule has 0 unspecified atom stereocenters. The zero-order valence-corrected chi connectivity index (χ0v) is 11.2. The lowest BCUT2D eigenvalue weighted by atomic mass is 10.2. The summed E-state index contributed by atoms with van der Waals surface area (Å²) in [7, 11) is 0. The van der Waals surface area contributed by atoms with Gasteiger partial charge in [0, 0.05) is 30.9 Å². The number of hydrogen-bond donors (Lipinski definition) is 1. The Morgan fingerprint density at radius 1 is 1.39 bits per heavy atom. The van der Waals surface area contributed by atoms with Crippen molar-refractivity contribution in [2.24, 2.45) is 0 Å². The SMILES string of the molecule is CCOCCCNC(=O)C=Cc1ccc(Cl)cc1. The van der Waals surface area contributed by atoms with E-state index < -0.39 is 0 Å². The number of carbonyl (C=O) groups excluding carboxylic acids is 1. The van der Waals surface area contributed by atoms with Crippen LogP contribution in [0.3, 0.4) is 0 Å². The fourth-order valence-electron chi connectivity index (χ4n) is 1.33. The molecule has 0 aliphatic heterocycles. The maximum Gasteiger partial charge on any atom is 0.244 e. The molecule has 0 atom stereocenters. The second-order valence-electron chi connectivity index (χ2n) is 3.73. The smallest absolute Gasteiger partial charge is 0.244 e. The molecule has 0 radical (unpaired) electrons. The van der Waals surface area contributed by atoms with Crippen LogP contribution >= 0.6 is 11.6 Å². The first-order valence-corrected chi connectivity index (χ1v) is 6.39. The van der Waals surface area contributed by atoms with Crippen molar-refractivity contribution in [3.63, 3.8) is 0 Å². The van der Waals surface area contributed by atoms with Crippen LogP contribution in [0.2, 0.25) is 5.02 Å². The number of benzene rings is 1. The molecule has 18 heavy (non-hydrogen) atoms. The number of carbonyl (C=O) groups is 1. The number of hydrogen-bond acceptors (Lipinski definition) is 2. The van der Waals surface area contributed by atoms with E-state index in [9.17, 15) is 4.79 Å². The Morgan fingerprint density at radius 2 is 2.11 bits per heavy atom. The molecule has 1 N–H and O–H groups in total. The fraction of sp³-hybridized carbons (Fsp3) is 0.357. The van der Waals surface area contributed by atoms with Gasteiger partial charge in [0.05, 0.1) is 0 Å². The van der Waals surface area contributed by atoms with Crippen LogP contribution in [0.25, 0.3) is 6.08 Å². The summed E-state index contributed by atoms with van der Waals surface area (Å²) in [5.41, 5.74) is 0.948. The Hall–Kier alpha value is -1.32. The summed E-state index contributed by atoms with van der Waals surface area (Å²) in [6, 6.07) is 7.31. The number of halogens is 1. The second kappa shape index (κ2) is 8.72. The van der Waals surface area contributed by atoms with E-state index >= 15 is 0 Å². The normalized spacial score (nSPS) is 10.8. The highest BCUT2D eigenvalue weighted by Crippen LogP contribution is 2.10. The van der Waals surface area contributed by atoms with Gasteiger partial charge in [-0.15, -0.1) is 0 Å². The average Bonchev–Trinajstić information content (AvgIpc) is 2.38. The summed E-state index contributed by atoms with van der Waals surface area (Å²) >= 11 is 5.77.